The molecule has 7 nitrogen and oxygen atoms in total. The van der Waals surface area contributed by atoms with Gasteiger partial charge < -0.3 is 24.8 Å². The quantitative estimate of drug-likeness (QED) is 0.763. The van der Waals surface area contributed by atoms with Gasteiger partial charge in [-0.05, 0) is 38.5 Å². The summed E-state index contributed by atoms with van der Waals surface area (Å²) in [5.41, 5.74) is 0.214. The van der Waals surface area contributed by atoms with Gasteiger partial charge in [0.2, 0.25) is 5.91 Å². The molecule has 0 saturated carbocycles. The zero-order valence-electron chi connectivity index (χ0n) is 16.2. The topological polar surface area (TPSA) is 88.1 Å². The first-order valence-electron chi connectivity index (χ1n) is 9.02. The molecule has 1 aliphatic rings. The number of aliphatic hydroxyl groups excluding tert-OH is 1. The van der Waals surface area contributed by atoms with E-state index in [1.807, 2.05) is 26.8 Å². The van der Waals surface area contributed by atoms with Crippen LogP contribution in [0.25, 0.3) is 0 Å². The fourth-order valence-corrected chi connectivity index (χ4v) is 3.21. The highest BCUT2D eigenvalue weighted by atomic mass is 35.5. The van der Waals surface area contributed by atoms with Crippen molar-refractivity contribution >= 4 is 35.2 Å². The highest BCUT2D eigenvalue weighted by Gasteiger charge is 2.33. The van der Waals surface area contributed by atoms with Gasteiger partial charge in [0.1, 0.15) is 12.2 Å². The first-order valence-corrected chi connectivity index (χ1v) is 9.78. The van der Waals surface area contributed by atoms with Crippen molar-refractivity contribution in [2.24, 2.45) is 0 Å². The summed E-state index contributed by atoms with van der Waals surface area (Å²) in [4.78, 5) is 25.6. The molecule has 1 fully saturated rings. The Balaban J connectivity index is 2.26. The summed E-state index contributed by atoms with van der Waals surface area (Å²) < 4.78 is 11.4. The summed E-state index contributed by atoms with van der Waals surface area (Å²) in [6, 6.07) is 5.24. The summed E-state index contributed by atoms with van der Waals surface area (Å²) in [5.74, 6) is -0.770. The van der Waals surface area contributed by atoms with E-state index in [1.165, 1.54) is 0 Å². The van der Waals surface area contributed by atoms with E-state index >= 15 is 0 Å². The Morgan fingerprint density at radius 1 is 1.32 bits per heavy atom. The summed E-state index contributed by atoms with van der Waals surface area (Å²) in [6.07, 6.45) is -0.846. The van der Waals surface area contributed by atoms with E-state index in [2.05, 4.69) is 5.32 Å². The van der Waals surface area contributed by atoms with Gasteiger partial charge in [-0.25, -0.2) is 4.79 Å². The molecule has 0 unspecified atom stereocenters. The number of hydrogen-bond acceptors (Lipinski definition) is 5. The van der Waals surface area contributed by atoms with Crippen LogP contribution in [-0.2, 0) is 14.3 Å². The molecule has 1 aliphatic heterocycles. The van der Waals surface area contributed by atoms with Crippen molar-refractivity contribution in [2.75, 3.05) is 32.8 Å². The summed E-state index contributed by atoms with van der Waals surface area (Å²) in [5, 5.41) is 12.4. The number of benzene rings is 1. The molecule has 0 aromatic heterocycles. The van der Waals surface area contributed by atoms with Crippen molar-refractivity contribution in [3.8, 4) is 0 Å². The minimum Gasteiger partial charge on any atom is -0.444 e. The molecule has 1 heterocycles. The lowest BCUT2D eigenvalue weighted by Gasteiger charge is -2.30. The molecule has 0 aliphatic carbocycles. The number of nitrogens with one attached hydrogen (secondary N) is 1. The SMILES string of the molecule is CC(C)(C)OC(=O)N1CCO[C@@H](CNC(=O)CO)[C@H](c2ccc(Cl)c(Cl)c2)C1. The smallest absolute Gasteiger partial charge is 0.410 e. The number of amides is 2. The highest BCUT2D eigenvalue weighted by Crippen LogP contribution is 2.31. The highest BCUT2D eigenvalue weighted by molar-refractivity contribution is 6.42. The number of hydrogen-bond donors (Lipinski definition) is 2. The monoisotopic (exact) mass is 432 g/mol. The minimum absolute atomic E-state index is 0.187. The normalized spacial score (nSPS) is 20.4. The third-order valence-corrected chi connectivity index (χ3v) is 4.97. The number of halogens is 2. The van der Waals surface area contributed by atoms with Crippen LogP contribution in [0.5, 0.6) is 0 Å². The van der Waals surface area contributed by atoms with E-state index < -0.39 is 30.3 Å². The van der Waals surface area contributed by atoms with E-state index in [4.69, 9.17) is 37.8 Å². The molecule has 1 aromatic carbocycles. The predicted molar refractivity (Wildman–Crippen MR) is 107 cm³/mol. The van der Waals surface area contributed by atoms with Crippen molar-refractivity contribution < 1.29 is 24.2 Å². The maximum Gasteiger partial charge on any atom is 0.410 e. The number of carbonyl (C=O) groups excluding carboxylic acids is 2. The van der Waals surface area contributed by atoms with Crippen LogP contribution in [0.15, 0.2) is 18.2 Å². The largest absolute Gasteiger partial charge is 0.444 e. The second-order valence-electron chi connectivity index (χ2n) is 7.58. The minimum atomic E-state index is -0.613. The first kappa shape index (κ1) is 22.7. The number of rotatable bonds is 4. The Kier molecular flexibility index (Phi) is 7.95. The number of aliphatic hydroxyl groups is 1. The standard InChI is InChI=1S/C19H26Cl2N2O5/c1-19(2,3)28-18(26)23-6-7-27-16(9-22-17(25)11-24)13(10-23)12-4-5-14(20)15(21)8-12/h4-5,8,13,16,24H,6-7,9-11H2,1-3H3,(H,22,25)/t13-,16-/m0/s1. The number of ether oxygens (including phenoxy) is 2. The van der Waals surface area contributed by atoms with Crippen LogP contribution in [0, 0.1) is 0 Å². The van der Waals surface area contributed by atoms with Crippen LogP contribution in [0.4, 0.5) is 4.79 Å². The van der Waals surface area contributed by atoms with Gasteiger partial charge in [-0.15, -0.1) is 0 Å². The van der Waals surface area contributed by atoms with E-state index in [-0.39, 0.29) is 19.1 Å². The summed E-state index contributed by atoms with van der Waals surface area (Å²) in [6.45, 7) is 5.98. The molecule has 2 amide bonds. The fourth-order valence-electron chi connectivity index (χ4n) is 2.90. The van der Waals surface area contributed by atoms with Crippen LogP contribution in [0.3, 0.4) is 0 Å². The van der Waals surface area contributed by atoms with Crippen LogP contribution in [0.1, 0.15) is 32.3 Å². The molecule has 2 atom stereocenters. The van der Waals surface area contributed by atoms with E-state index in [0.29, 0.717) is 23.1 Å². The molecular weight excluding hydrogens is 407 g/mol. The Morgan fingerprint density at radius 3 is 2.64 bits per heavy atom. The maximum absolute atomic E-state index is 12.6. The zero-order valence-corrected chi connectivity index (χ0v) is 17.7. The third-order valence-electron chi connectivity index (χ3n) is 4.23. The second kappa shape index (κ2) is 9.78. The fraction of sp³-hybridized carbons (Fsp3) is 0.579. The average Bonchev–Trinajstić information content (AvgIpc) is 2.83. The Bertz CT molecular complexity index is 708. The molecule has 2 rings (SSSR count). The maximum atomic E-state index is 12.6. The van der Waals surface area contributed by atoms with Crippen LogP contribution < -0.4 is 5.32 Å². The first-order chi connectivity index (χ1) is 13.1. The molecule has 1 saturated heterocycles. The number of carbonyl (C=O) groups is 2. The van der Waals surface area contributed by atoms with Crippen LogP contribution in [0.2, 0.25) is 10.0 Å². The van der Waals surface area contributed by atoms with Gasteiger partial charge in [0.15, 0.2) is 0 Å². The lowest BCUT2D eigenvalue weighted by Crippen LogP contribution is -2.42. The van der Waals surface area contributed by atoms with Gasteiger partial charge >= 0.3 is 6.09 Å². The predicted octanol–water partition coefficient (Wildman–Crippen LogP) is 2.82. The lowest BCUT2D eigenvalue weighted by molar-refractivity contribution is -0.124. The summed E-state index contributed by atoms with van der Waals surface area (Å²) in [7, 11) is 0. The van der Waals surface area contributed by atoms with Crippen molar-refractivity contribution in [3.05, 3.63) is 33.8 Å². The van der Waals surface area contributed by atoms with Gasteiger partial charge in [-0.2, -0.15) is 0 Å². The molecule has 2 N–H and O–H groups in total. The molecular formula is C19H26Cl2N2O5. The molecule has 9 heteroatoms. The van der Waals surface area contributed by atoms with Gasteiger partial charge in [-0.1, -0.05) is 29.3 Å². The number of nitrogens with zero attached hydrogens (tertiary/aromatic N) is 1. The molecule has 28 heavy (non-hydrogen) atoms. The zero-order chi connectivity index (χ0) is 20.9. The van der Waals surface area contributed by atoms with Crippen molar-refractivity contribution in [2.45, 2.75) is 38.4 Å². The molecule has 0 bridgehead atoms. The Labute approximate surface area is 174 Å². The van der Waals surface area contributed by atoms with E-state index in [1.54, 1.807) is 17.0 Å². The van der Waals surface area contributed by atoms with Gasteiger partial charge in [0.05, 0.1) is 22.8 Å². The third kappa shape index (κ3) is 6.51. The van der Waals surface area contributed by atoms with Gasteiger partial charge in [-0.3, -0.25) is 4.79 Å². The van der Waals surface area contributed by atoms with Crippen LogP contribution in [-0.4, -0.2) is 66.6 Å². The van der Waals surface area contributed by atoms with Gasteiger partial charge in [0, 0.05) is 25.6 Å². The lowest BCUT2D eigenvalue weighted by atomic mass is 9.92. The Morgan fingerprint density at radius 2 is 2.04 bits per heavy atom. The Hall–Kier alpha value is -1.54. The molecule has 0 radical (unpaired) electrons. The molecule has 0 spiro atoms. The summed E-state index contributed by atoms with van der Waals surface area (Å²) >= 11 is 12.2. The molecule has 1 aromatic rings. The van der Waals surface area contributed by atoms with E-state index in [0.717, 1.165) is 5.56 Å². The molecule has 156 valence electrons. The van der Waals surface area contributed by atoms with Crippen molar-refractivity contribution in [1.82, 2.24) is 10.2 Å². The van der Waals surface area contributed by atoms with Crippen LogP contribution >= 0.6 is 23.2 Å². The van der Waals surface area contributed by atoms with E-state index in [9.17, 15) is 9.59 Å². The van der Waals surface area contributed by atoms with Gasteiger partial charge in [0.25, 0.3) is 0 Å². The van der Waals surface area contributed by atoms with Crippen molar-refractivity contribution in [1.29, 1.82) is 0 Å². The second-order valence-corrected chi connectivity index (χ2v) is 8.39. The average molecular weight is 433 g/mol. The van der Waals surface area contributed by atoms with Crippen molar-refractivity contribution in [3.63, 3.8) is 0 Å².